The normalized spacial score (nSPS) is 15.6. The van der Waals surface area contributed by atoms with Crippen LogP contribution < -0.4 is 15.4 Å². The number of rotatable bonds is 7. The number of urea groups is 1. The molecule has 0 spiro atoms. The highest BCUT2D eigenvalue weighted by atomic mass is 16.5. The fourth-order valence-electron chi connectivity index (χ4n) is 2.82. The molecule has 1 aromatic carbocycles. The Hall–Kier alpha value is -2.08. The van der Waals surface area contributed by atoms with Crippen LogP contribution in [0.1, 0.15) is 39.0 Å². The molecule has 1 aliphatic heterocycles. The van der Waals surface area contributed by atoms with Crippen LogP contribution in [0.25, 0.3) is 0 Å². The molecule has 0 unspecified atom stereocenters. The molecular formula is C19H29N3O3. The van der Waals surface area contributed by atoms with E-state index in [0.29, 0.717) is 12.3 Å². The van der Waals surface area contributed by atoms with Gasteiger partial charge in [-0.05, 0) is 63.7 Å². The van der Waals surface area contributed by atoms with Crippen LogP contribution in [0.15, 0.2) is 24.3 Å². The Bertz CT molecular complexity index is 552. The molecule has 1 heterocycles. The lowest BCUT2D eigenvalue weighted by Gasteiger charge is -2.27. The number of amides is 3. The highest BCUT2D eigenvalue weighted by Gasteiger charge is 2.24. The molecule has 0 aromatic heterocycles. The molecule has 0 radical (unpaired) electrons. The minimum atomic E-state index is -0.486. The number of carbonyl (C=O) groups excluding carboxylic acids is 2. The van der Waals surface area contributed by atoms with Gasteiger partial charge in [-0.15, -0.1) is 0 Å². The highest BCUT2D eigenvalue weighted by Crippen LogP contribution is 2.17. The molecule has 138 valence electrons. The topological polar surface area (TPSA) is 70.7 Å². The van der Waals surface area contributed by atoms with E-state index in [2.05, 4.69) is 22.5 Å². The number of carbonyl (C=O) groups is 2. The molecule has 6 heteroatoms. The maximum absolute atomic E-state index is 12.1. The van der Waals surface area contributed by atoms with Crippen molar-refractivity contribution >= 4 is 17.6 Å². The van der Waals surface area contributed by atoms with Gasteiger partial charge in [-0.1, -0.05) is 19.8 Å². The first-order valence-corrected chi connectivity index (χ1v) is 9.11. The van der Waals surface area contributed by atoms with Crippen molar-refractivity contribution in [2.75, 3.05) is 32.1 Å². The summed E-state index contributed by atoms with van der Waals surface area (Å²) in [6.45, 7) is 4.63. The number of benzene rings is 1. The van der Waals surface area contributed by atoms with Crippen LogP contribution in [0.5, 0.6) is 5.75 Å². The molecule has 1 aromatic rings. The Kier molecular flexibility index (Phi) is 7.73. The van der Waals surface area contributed by atoms with Crippen molar-refractivity contribution in [3.63, 3.8) is 0 Å². The van der Waals surface area contributed by atoms with Gasteiger partial charge in [0.25, 0.3) is 0 Å². The Morgan fingerprint density at radius 1 is 1.16 bits per heavy atom. The molecule has 0 bridgehead atoms. The zero-order valence-corrected chi connectivity index (χ0v) is 15.2. The molecule has 2 rings (SSSR count). The molecular weight excluding hydrogens is 318 g/mol. The molecule has 3 amide bonds. The van der Waals surface area contributed by atoms with Crippen molar-refractivity contribution in [2.24, 2.45) is 5.92 Å². The molecule has 1 fully saturated rings. The number of imide groups is 1. The number of nitrogens with one attached hydrogen (secondary N) is 2. The minimum absolute atomic E-state index is 0.0825. The second-order valence-corrected chi connectivity index (χ2v) is 6.60. The first-order valence-electron chi connectivity index (χ1n) is 9.11. The third-order valence-electron chi connectivity index (χ3n) is 4.45. The lowest BCUT2D eigenvalue weighted by Crippen LogP contribution is -2.42. The summed E-state index contributed by atoms with van der Waals surface area (Å²) in [7, 11) is 2.04. The Morgan fingerprint density at radius 2 is 1.84 bits per heavy atom. The fraction of sp³-hybridized carbons (Fsp3) is 0.579. The van der Waals surface area contributed by atoms with E-state index in [-0.39, 0.29) is 11.8 Å². The van der Waals surface area contributed by atoms with Crippen LogP contribution in [-0.2, 0) is 4.79 Å². The van der Waals surface area contributed by atoms with Gasteiger partial charge in [0.1, 0.15) is 5.75 Å². The first-order chi connectivity index (χ1) is 12.1. The molecule has 0 aliphatic carbocycles. The van der Waals surface area contributed by atoms with E-state index in [0.717, 1.165) is 50.9 Å². The summed E-state index contributed by atoms with van der Waals surface area (Å²) in [6.07, 6.45) is 4.94. The SMILES string of the molecule is CCCCCOc1ccc(NC(=O)NC(=O)C2CCN(C)CC2)cc1. The third kappa shape index (κ3) is 6.74. The number of ether oxygens (including phenoxy) is 1. The van der Waals surface area contributed by atoms with E-state index < -0.39 is 6.03 Å². The predicted octanol–water partition coefficient (Wildman–Crippen LogP) is 3.25. The summed E-state index contributed by atoms with van der Waals surface area (Å²) < 4.78 is 5.63. The summed E-state index contributed by atoms with van der Waals surface area (Å²) in [5, 5.41) is 5.12. The maximum Gasteiger partial charge on any atom is 0.325 e. The molecule has 1 aliphatic rings. The van der Waals surface area contributed by atoms with Crippen LogP contribution in [-0.4, -0.2) is 43.6 Å². The van der Waals surface area contributed by atoms with E-state index in [1.807, 2.05) is 19.2 Å². The van der Waals surface area contributed by atoms with E-state index >= 15 is 0 Å². The summed E-state index contributed by atoms with van der Waals surface area (Å²) in [4.78, 5) is 26.3. The number of unbranched alkanes of at least 4 members (excludes halogenated alkanes) is 2. The van der Waals surface area contributed by atoms with E-state index in [1.54, 1.807) is 12.1 Å². The number of hydrogen-bond acceptors (Lipinski definition) is 4. The number of piperidine rings is 1. The standard InChI is InChI=1S/C19H29N3O3/c1-3-4-5-14-25-17-8-6-16(7-9-17)20-19(24)21-18(23)15-10-12-22(2)13-11-15/h6-9,15H,3-5,10-14H2,1-2H3,(H2,20,21,23,24). The molecule has 6 nitrogen and oxygen atoms in total. The van der Waals surface area contributed by atoms with Gasteiger partial charge in [-0.3, -0.25) is 10.1 Å². The Morgan fingerprint density at radius 3 is 2.48 bits per heavy atom. The average Bonchev–Trinajstić information content (AvgIpc) is 2.60. The Balaban J connectivity index is 1.73. The lowest BCUT2D eigenvalue weighted by atomic mass is 9.96. The molecule has 0 atom stereocenters. The average molecular weight is 347 g/mol. The first kappa shape index (κ1) is 19.2. The second kappa shape index (κ2) is 10.0. The van der Waals surface area contributed by atoms with Crippen LogP contribution in [0, 0.1) is 5.92 Å². The van der Waals surface area contributed by atoms with Crippen molar-refractivity contribution in [3.8, 4) is 5.75 Å². The highest BCUT2D eigenvalue weighted by molar-refractivity contribution is 6.01. The van der Waals surface area contributed by atoms with Crippen LogP contribution in [0.2, 0.25) is 0 Å². The summed E-state index contributed by atoms with van der Waals surface area (Å²) in [5.41, 5.74) is 0.634. The van der Waals surface area contributed by atoms with Crippen LogP contribution in [0.4, 0.5) is 10.5 Å². The summed E-state index contributed by atoms with van der Waals surface area (Å²) >= 11 is 0. The van der Waals surface area contributed by atoms with Gasteiger partial charge in [0.2, 0.25) is 5.91 Å². The monoisotopic (exact) mass is 347 g/mol. The summed E-state index contributed by atoms with van der Waals surface area (Å²) in [6, 6.07) is 6.70. The summed E-state index contributed by atoms with van der Waals surface area (Å²) in [5.74, 6) is 0.506. The molecule has 0 saturated carbocycles. The van der Waals surface area contributed by atoms with Crippen molar-refractivity contribution in [2.45, 2.75) is 39.0 Å². The van der Waals surface area contributed by atoms with Gasteiger partial charge < -0.3 is 15.0 Å². The number of likely N-dealkylation sites (tertiary alicyclic amines) is 1. The van der Waals surface area contributed by atoms with Gasteiger partial charge in [0.05, 0.1) is 6.61 Å². The maximum atomic E-state index is 12.1. The van der Waals surface area contributed by atoms with Crippen molar-refractivity contribution in [3.05, 3.63) is 24.3 Å². The molecule has 25 heavy (non-hydrogen) atoms. The molecule has 1 saturated heterocycles. The minimum Gasteiger partial charge on any atom is -0.494 e. The second-order valence-electron chi connectivity index (χ2n) is 6.60. The zero-order chi connectivity index (χ0) is 18.1. The van der Waals surface area contributed by atoms with Gasteiger partial charge in [0.15, 0.2) is 0 Å². The number of anilines is 1. The van der Waals surface area contributed by atoms with E-state index in [4.69, 9.17) is 4.74 Å². The lowest BCUT2D eigenvalue weighted by molar-refractivity contribution is -0.125. The number of nitrogens with zero attached hydrogens (tertiary/aromatic N) is 1. The van der Waals surface area contributed by atoms with Gasteiger partial charge in [-0.2, -0.15) is 0 Å². The predicted molar refractivity (Wildman–Crippen MR) is 98.8 cm³/mol. The van der Waals surface area contributed by atoms with E-state index in [1.165, 1.54) is 0 Å². The van der Waals surface area contributed by atoms with Crippen LogP contribution >= 0.6 is 0 Å². The largest absolute Gasteiger partial charge is 0.494 e. The van der Waals surface area contributed by atoms with Gasteiger partial charge >= 0.3 is 6.03 Å². The van der Waals surface area contributed by atoms with Crippen molar-refractivity contribution < 1.29 is 14.3 Å². The van der Waals surface area contributed by atoms with Crippen molar-refractivity contribution in [1.82, 2.24) is 10.2 Å². The zero-order valence-electron chi connectivity index (χ0n) is 15.2. The van der Waals surface area contributed by atoms with Crippen molar-refractivity contribution in [1.29, 1.82) is 0 Å². The van der Waals surface area contributed by atoms with E-state index in [9.17, 15) is 9.59 Å². The number of hydrogen-bond donors (Lipinski definition) is 2. The Labute approximate surface area is 149 Å². The quantitative estimate of drug-likeness (QED) is 0.743. The molecule has 2 N–H and O–H groups in total. The van der Waals surface area contributed by atoms with Gasteiger partial charge in [0, 0.05) is 11.6 Å². The van der Waals surface area contributed by atoms with Crippen LogP contribution in [0.3, 0.4) is 0 Å². The smallest absolute Gasteiger partial charge is 0.325 e. The van der Waals surface area contributed by atoms with Gasteiger partial charge in [-0.25, -0.2) is 4.79 Å². The third-order valence-corrected chi connectivity index (χ3v) is 4.45. The fourth-order valence-corrected chi connectivity index (χ4v) is 2.82.